The van der Waals surface area contributed by atoms with Crippen molar-refractivity contribution in [2.75, 3.05) is 19.7 Å². The molecular weight excluding hydrogens is 216 g/mol. The molecule has 0 bridgehead atoms. The molecule has 1 amide bonds. The minimum atomic E-state index is -0.838. The van der Waals surface area contributed by atoms with Crippen molar-refractivity contribution in [3.63, 3.8) is 0 Å². The van der Waals surface area contributed by atoms with Crippen LogP contribution in [0.1, 0.15) is 40.0 Å². The van der Waals surface area contributed by atoms with Crippen molar-refractivity contribution in [1.29, 1.82) is 5.26 Å². The van der Waals surface area contributed by atoms with E-state index in [2.05, 4.69) is 13.0 Å². The van der Waals surface area contributed by atoms with E-state index in [-0.39, 0.29) is 12.0 Å². The van der Waals surface area contributed by atoms with Gasteiger partial charge < -0.3 is 9.64 Å². The highest BCUT2D eigenvalue weighted by molar-refractivity contribution is 5.85. The van der Waals surface area contributed by atoms with Gasteiger partial charge in [0.05, 0.1) is 18.8 Å². The van der Waals surface area contributed by atoms with Gasteiger partial charge in [-0.1, -0.05) is 20.8 Å². The van der Waals surface area contributed by atoms with E-state index >= 15 is 0 Å². The second kappa shape index (κ2) is 6.02. The molecule has 1 rings (SSSR count). The van der Waals surface area contributed by atoms with Crippen LogP contribution in [-0.4, -0.2) is 36.6 Å². The number of nitriles is 1. The molecule has 1 saturated heterocycles. The third-order valence-corrected chi connectivity index (χ3v) is 3.71. The summed E-state index contributed by atoms with van der Waals surface area (Å²) in [5.74, 6) is -0.0215. The maximum absolute atomic E-state index is 12.4. The van der Waals surface area contributed by atoms with Gasteiger partial charge >= 0.3 is 0 Å². The van der Waals surface area contributed by atoms with E-state index in [9.17, 15) is 10.1 Å². The highest BCUT2D eigenvalue weighted by Gasteiger charge is 2.39. The van der Waals surface area contributed by atoms with Crippen molar-refractivity contribution in [2.45, 2.75) is 46.1 Å². The third-order valence-electron chi connectivity index (χ3n) is 3.71. The van der Waals surface area contributed by atoms with Crippen molar-refractivity contribution in [1.82, 2.24) is 4.90 Å². The Hall–Kier alpha value is -1.08. The van der Waals surface area contributed by atoms with Crippen LogP contribution in [-0.2, 0) is 9.53 Å². The van der Waals surface area contributed by atoms with Gasteiger partial charge in [0.25, 0.3) is 0 Å². The Kier molecular flexibility index (Phi) is 4.95. The molecule has 0 N–H and O–H groups in total. The van der Waals surface area contributed by atoms with Gasteiger partial charge in [0.15, 0.2) is 0 Å². The van der Waals surface area contributed by atoms with Crippen LogP contribution in [0.4, 0.5) is 0 Å². The molecule has 1 unspecified atom stereocenters. The van der Waals surface area contributed by atoms with Crippen LogP contribution in [0.2, 0.25) is 0 Å². The van der Waals surface area contributed by atoms with Crippen molar-refractivity contribution in [2.24, 2.45) is 5.41 Å². The predicted octanol–water partition coefficient (Wildman–Crippen LogP) is 1.95. The van der Waals surface area contributed by atoms with E-state index in [1.807, 2.05) is 13.8 Å². The van der Waals surface area contributed by atoms with Crippen LogP contribution in [0.15, 0.2) is 0 Å². The van der Waals surface area contributed by atoms with Crippen LogP contribution in [0.5, 0.6) is 0 Å². The summed E-state index contributed by atoms with van der Waals surface area (Å²) in [6, 6.07) is 2.21. The highest BCUT2D eigenvalue weighted by atomic mass is 16.5. The molecule has 1 aliphatic rings. The zero-order valence-corrected chi connectivity index (χ0v) is 11.0. The van der Waals surface area contributed by atoms with Gasteiger partial charge in [-0.2, -0.15) is 5.26 Å². The summed E-state index contributed by atoms with van der Waals surface area (Å²) >= 11 is 0. The van der Waals surface area contributed by atoms with Gasteiger partial charge in [-0.15, -0.1) is 0 Å². The Bertz CT molecular complexity index is 305. The Morgan fingerprint density at radius 3 is 2.59 bits per heavy atom. The van der Waals surface area contributed by atoms with Crippen molar-refractivity contribution >= 4 is 5.91 Å². The average Bonchev–Trinajstić information content (AvgIpc) is 2.41. The SMILES string of the molecule is CCC1CN(C(=O)C(C#N)(CC)CC)CCO1. The molecule has 0 spiro atoms. The minimum Gasteiger partial charge on any atom is -0.375 e. The molecule has 4 heteroatoms. The van der Waals surface area contributed by atoms with Crippen LogP contribution in [0.25, 0.3) is 0 Å². The smallest absolute Gasteiger partial charge is 0.243 e. The van der Waals surface area contributed by atoms with Gasteiger partial charge in [0, 0.05) is 13.1 Å². The van der Waals surface area contributed by atoms with E-state index in [1.54, 1.807) is 4.90 Å². The number of carbonyl (C=O) groups is 1. The fraction of sp³-hybridized carbons (Fsp3) is 0.846. The maximum Gasteiger partial charge on any atom is 0.243 e. The number of rotatable bonds is 4. The largest absolute Gasteiger partial charge is 0.375 e. The summed E-state index contributed by atoms with van der Waals surface area (Å²) in [4.78, 5) is 14.2. The topological polar surface area (TPSA) is 53.3 Å². The summed E-state index contributed by atoms with van der Waals surface area (Å²) in [6.07, 6.45) is 2.18. The van der Waals surface area contributed by atoms with Gasteiger partial charge in [-0.25, -0.2) is 0 Å². The van der Waals surface area contributed by atoms with Crippen molar-refractivity contribution in [3.05, 3.63) is 0 Å². The quantitative estimate of drug-likeness (QED) is 0.752. The first-order chi connectivity index (χ1) is 8.13. The molecule has 1 fully saturated rings. The summed E-state index contributed by atoms with van der Waals surface area (Å²) in [7, 11) is 0. The molecule has 0 aromatic rings. The Labute approximate surface area is 104 Å². The molecule has 1 atom stereocenters. The van der Waals surface area contributed by atoms with Crippen LogP contribution in [0.3, 0.4) is 0 Å². The van der Waals surface area contributed by atoms with E-state index in [4.69, 9.17) is 4.74 Å². The lowest BCUT2D eigenvalue weighted by Crippen LogP contribution is -2.50. The fourth-order valence-corrected chi connectivity index (χ4v) is 2.21. The van der Waals surface area contributed by atoms with Crippen molar-refractivity contribution < 1.29 is 9.53 Å². The fourth-order valence-electron chi connectivity index (χ4n) is 2.21. The molecule has 0 aromatic heterocycles. The normalized spacial score (nSPS) is 21.1. The number of nitrogens with zero attached hydrogens (tertiary/aromatic N) is 2. The van der Waals surface area contributed by atoms with Gasteiger partial charge in [-0.3, -0.25) is 4.79 Å². The monoisotopic (exact) mass is 238 g/mol. The molecular formula is C13H22N2O2. The lowest BCUT2D eigenvalue weighted by atomic mass is 9.82. The zero-order chi connectivity index (χ0) is 12.9. The number of ether oxygens (including phenoxy) is 1. The molecule has 1 heterocycles. The highest BCUT2D eigenvalue weighted by Crippen LogP contribution is 2.29. The van der Waals surface area contributed by atoms with Crippen LogP contribution in [0, 0.1) is 16.7 Å². The molecule has 0 radical (unpaired) electrons. The first-order valence-electron chi connectivity index (χ1n) is 6.45. The van der Waals surface area contributed by atoms with E-state index in [1.165, 1.54) is 0 Å². The van der Waals surface area contributed by atoms with Gasteiger partial charge in [0.2, 0.25) is 5.91 Å². The van der Waals surface area contributed by atoms with E-state index < -0.39 is 5.41 Å². The maximum atomic E-state index is 12.4. The lowest BCUT2D eigenvalue weighted by molar-refractivity contribution is -0.147. The second-order valence-electron chi connectivity index (χ2n) is 4.55. The van der Waals surface area contributed by atoms with Crippen LogP contribution < -0.4 is 0 Å². The Morgan fingerprint density at radius 2 is 2.12 bits per heavy atom. The number of carbonyl (C=O) groups excluding carboxylic acids is 1. The summed E-state index contributed by atoms with van der Waals surface area (Å²) in [5, 5.41) is 9.27. The molecule has 0 aromatic carbocycles. The predicted molar refractivity (Wildman–Crippen MR) is 65.2 cm³/mol. The van der Waals surface area contributed by atoms with Gasteiger partial charge in [0.1, 0.15) is 5.41 Å². The third kappa shape index (κ3) is 2.78. The van der Waals surface area contributed by atoms with E-state index in [0.717, 1.165) is 6.42 Å². The average molecular weight is 238 g/mol. The van der Waals surface area contributed by atoms with Crippen molar-refractivity contribution in [3.8, 4) is 6.07 Å². The number of hydrogen-bond donors (Lipinski definition) is 0. The number of hydrogen-bond acceptors (Lipinski definition) is 3. The molecule has 17 heavy (non-hydrogen) atoms. The summed E-state index contributed by atoms with van der Waals surface area (Å²) < 4.78 is 5.54. The van der Waals surface area contributed by atoms with Crippen LogP contribution >= 0.6 is 0 Å². The molecule has 0 aliphatic carbocycles. The molecule has 96 valence electrons. The number of morpholine rings is 1. The Balaban J connectivity index is 2.78. The molecule has 1 aliphatic heterocycles. The Morgan fingerprint density at radius 1 is 1.47 bits per heavy atom. The first-order valence-corrected chi connectivity index (χ1v) is 6.45. The standard InChI is InChI=1S/C13H22N2O2/c1-4-11-9-15(7-8-17-11)12(16)13(5-2,6-3)10-14/h11H,4-9H2,1-3H3. The summed E-state index contributed by atoms with van der Waals surface area (Å²) in [5.41, 5.74) is -0.838. The zero-order valence-electron chi connectivity index (χ0n) is 11.0. The molecule has 4 nitrogen and oxygen atoms in total. The molecule has 0 saturated carbocycles. The summed E-state index contributed by atoms with van der Waals surface area (Å²) in [6.45, 7) is 7.68. The lowest BCUT2D eigenvalue weighted by Gasteiger charge is -2.37. The van der Waals surface area contributed by atoms with Gasteiger partial charge in [-0.05, 0) is 19.3 Å². The minimum absolute atomic E-state index is 0.0215. The van der Waals surface area contributed by atoms with E-state index in [0.29, 0.717) is 32.5 Å². The second-order valence-corrected chi connectivity index (χ2v) is 4.55. The first kappa shape index (κ1) is 14.0. The number of amides is 1.